The van der Waals surface area contributed by atoms with Crippen molar-refractivity contribution in [1.29, 1.82) is 0 Å². The summed E-state index contributed by atoms with van der Waals surface area (Å²) in [4.78, 5) is 19.7. The first-order chi connectivity index (χ1) is 8.35. The van der Waals surface area contributed by atoms with Gasteiger partial charge >= 0.3 is 0 Å². The number of methoxy groups -OCH3 is 1. The van der Waals surface area contributed by atoms with E-state index in [-0.39, 0.29) is 17.9 Å². The smallest absolute Gasteiger partial charge is 0.295 e. The predicted molar refractivity (Wildman–Crippen MR) is 69.1 cm³/mol. The lowest BCUT2D eigenvalue weighted by Gasteiger charge is -2.27. The SMILES string of the molecule is COc1c(NCC(C)(O)CN(C)C)nc[nH]c1=O. The molecule has 7 nitrogen and oxygen atoms in total. The summed E-state index contributed by atoms with van der Waals surface area (Å²) >= 11 is 0. The number of aromatic nitrogens is 2. The molecule has 1 unspecified atom stereocenters. The second-order valence-corrected chi connectivity index (χ2v) is 4.70. The van der Waals surface area contributed by atoms with Crippen LogP contribution in [0.4, 0.5) is 5.82 Å². The maximum Gasteiger partial charge on any atom is 0.295 e. The molecule has 102 valence electrons. The van der Waals surface area contributed by atoms with E-state index in [1.807, 2.05) is 19.0 Å². The van der Waals surface area contributed by atoms with Crippen molar-refractivity contribution in [2.75, 3.05) is 39.6 Å². The number of hydrogen-bond acceptors (Lipinski definition) is 6. The summed E-state index contributed by atoms with van der Waals surface area (Å²) in [7, 11) is 5.15. The Balaban J connectivity index is 2.75. The maximum atomic E-state index is 11.4. The van der Waals surface area contributed by atoms with Crippen LogP contribution in [0, 0.1) is 0 Å². The van der Waals surface area contributed by atoms with Gasteiger partial charge in [0.1, 0.15) is 0 Å². The molecule has 1 aromatic heterocycles. The van der Waals surface area contributed by atoms with Gasteiger partial charge in [-0.05, 0) is 21.0 Å². The monoisotopic (exact) mass is 256 g/mol. The highest BCUT2D eigenvalue weighted by Crippen LogP contribution is 2.15. The fourth-order valence-corrected chi connectivity index (χ4v) is 1.71. The third-order valence-electron chi connectivity index (χ3n) is 2.31. The second-order valence-electron chi connectivity index (χ2n) is 4.70. The topological polar surface area (TPSA) is 90.5 Å². The van der Waals surface area contributed by atoms with Gasteiger partial charge in [-0.2, -0.15) is 0 Å². The summed E-state index contributed by atoms with van der Waals surface area (Å²) in [5.74, 6) is 0.429. The quantitative estimate of drug-likeness (QED) is 0.636. The number of ether oxygens (including phenoxy) is 1. The maximum absolute atomic E-state index is 11.4. The van der Waals surface area contributed by atoms with Gasteiger partial charge in [-0.1, -0.05) is 0 Å². The first-order valence-electron chi connectivity index (χ1n) is 5.58. The first-order valence-corrected chi connectivity index (χ1v) is 5.58. The third kappa shape index (κ3) is 4.01. The highest BCUT2D eigenvalue weighted by Gasteiger charge is 2.22. The Kier molecular flexibility index (Phi) is 4.69. The van der Waals surface area contributed by atoms with Crippen LogP contribution in [0.15, 0.2) is 11.1 Å². The Hall–Kier alpha value is -1.60. The van der Waals surface area contributed by atoms with Gasteiger partial charge in [0.25, 0.3) is 5.56 Å². The average molecular weight is 256 g/mol. The molecule has 0 aliphatic rings. The van der Waals surface area contributed by atoms with Crippen molar-refractivity contribution < 1.29 is 9.84 Å². The minimum Gasteiger partial charge on any atom is -0.489 e. The number of likely N-dealkylation sites (N-methyl/N-ethyl adjacent to an activating group) is 1. The molecule has 0 fully saturated rings. The van der Waals surface area contributed by atoms with Crippen LogP contribution in [0.3, 0.4) is 0 Å². The van der Waals surface area contributed by atoms with Crippen LogP contribution in [0.25, 0.3) is 0 Å². The molecule has 7 heteroatoms. The molecular formula is C11H20N4O3. The van der Waals surface area contributed by atoms with Gasteiger partial charge in [-0.3, -0.25) is 4.79 Å². The molecule has 0 spiro atoms. The lowest BCUT2D eigenvalue weighted by molar-refractivity contribution is 0.0458. The Labute approximate surface area is 106 Å². The number of nitrogens with one attached hydrogen (secondary N) is 2. The molecule has 1 heterocycles. The number of aliphatic hydroxyl groups is 1. The highest BCUT2D eigenvalue weighted by molar-refractivity contribution is 5.48. The van der Waals surface area contributed by atoms with Crippen LogP contribution in [-0.2, 0) is 0 Å². The standard InChI is InChI=1S/C11H20N4O3/c1-11(17,6-15(2)3)5-12-9-8(18-4)10(16)14-7-13-9/h7,17H,5-6H2,1-4H3,(H2,12,13,14,16). The average Bonchev–Trinajstić information content (AvgIpc) is 2.24. The Bertz CT molecular complexity index is 442. The van der Waals surface area contributed by atoms with Gasteiger partial charge in [0.15, 0.2) is 5.82 Å². The Morgan fingerprint density at radius 2 is 2.28 bits per heavy atom. The fraction of sp³-hybridized carbons (Fsp3) is 0.636. The summed E-state index contributed by atoms with van der Waals surface area (Å²) in [6, 6.07) is 0. The molecule has 1 atom stereocenters. The van der Waals surface area contributed by atoms with Gasteiger partial charge in [-0.25, -0.2) is 4.98 Å². The van der Waals surface area contributed by atoms with Crippen molar-refractivity contribution in [3.63, 3.8) is 0 Å². The first kappa shape index (κ1) is 14.5. The number of anilines is 1. The number of rotatable bonds is 6. The van der Waals surface area contributed by atoms with E-state index in [1.165, 1.54) is 13.4 Å². The Morgan fingerprint density at radius 3 is 2.83 bits per heavy atom. The lowest BCUT2D eigenvalue weighted by Crippen LogP contribution is -2.43. The van der Waals surface area contributed by atoms with Crippen LogP contribution < -0.4 is 15.6 Å². The molecule has 0 saturated carbocycles. The minimum atomic E-state index is -0.932. The molecule has 18 heavy (non-hydrogen) atoms. The summed E-state index contributed by atoms with van der Waals surface area (Å²) in [6.45, 7) is 2.46. The van der Waals surface area contributed by atoms with E-state index >= 15 is 0 Å². The number of aromatic amines is 1. The molecular weight excluding hydrogens is 236 g/mol. The number of H-pyrrole nitrogens is 1. The second kappa shape index (κ2) is 5.83. The van der Waals surface area contributed by atoms with E-state index in [0.29, 0.717) is 12.4 Å². The lowest BCUT2D eigenvalue weighted by atomic mass is 10.1. The zero-order chi connectivity index (χ0) is 13.8. The highest BCUT2D eigenvalue weighted by atomic mass is 16.5. The van der Waals surface area contributed by atoms with E-state index in [0.717, 1.165) is 0 Å². The van der Waals surface area contributed by atoms with Crippen LogP contribution in [0.1, 0.15) is 6.92 Å². The van der Waals surface area contributed by atoms with Gasteiger partial charge in [0.2, 0.25) is 5.75 Å². The van der Waals surface area contributed by atoms with Crippen molar-refractivity contribution in [2.45, 2.75) is 12.5 Å². The summed E-state index contributed by atoms with van der Waals surface area (Å²) in [5.41, 5.74) is -1.29. The van der Waals surface area contributed by atoms with Crippen molar-refractivity contribution in [1.82, 2.24) is 14.9 Å². The van der Waals surface area contributed by atoms with E-state index in [1.54, 1.807) is 6.92 Å². The molecule has 0 saturated heterocycles. The molecule has 1 aromatic rings. The van der Waals surface area contributed by atoms with Gasteiger partial charge in [-0.15, -0.1) is 0 Å². The molecule has 0 radical (unpaired) electrons. The van der Waals surface area contributed by atoms with Crippen molar-refractivity contribution >= 4 is 5.82 Å². The molecule has 1 rings (SSSR count). The van der Waals surface area contributed by atoms with Crippen molar-refractivity contribution in [2.24, 2.45) is 0 Å². The fourth-order valence-electron chi connectivity index (χ4n) is 1.71. The van der Waals surface area contributed by atoms with E-state index in [9.17, 15) is 9.90 Å². The molecule has 0 amide bonds. The van der Waals surface area contributed by atoms with Crippen LogP contribution in [-0.4, -0.2) is 59.9 Å². The largest absolute Gasteiger partial charge is 0.489 e. The summed E-state index contributed by atoms with van der Waals surface area (Å²) in [5, 5.41) is 13.0. The van der Waals surface area contributed by atoms with Crippen molar-refractivity contribution in [3.8, 4) is 5.75 Å². The predicted octanol–water partition coefficient (Wildman–Crippen LogP) is -0.497. The molecule has 0 bridgehead atoms. The number of hydrogen-bond donors (Lipinski definition) is 3. The zero-order valence-corrected chi connectivity index (χ0v) is 11.1. The molecule has 0 aromatic carbocycles. The van der Waals surface area contributed by atoms with Crippen LogP contribution >= 0.6 is 0 Å². The van der Waals surface area contributed by atoms with E-state index in [2.05, 4.69) is 15.3 Å². The van der Waals surface area contributed by atoms with E-state index < -0.39 is 5.60 Å². The molecule has 3 N–H and O–H groups in total. The normalized spacial score (nSPS) is 14.3. The van der Waals surface area contributed by atoms with Gasteiger partial charge in [0, 0.05) is 13.1 Å². The minimum absolute atomic E-state index is 0.109. The Morgan fingerprint density at radius 1 is 1.61 bits per heavy atom. The van der Waals surface area contributed by atoms with Crippen LogP contribution in [0.5, 0.6) is 5.75 Å². The van der Waals surface area contributed by atoms with Gasteiger partial charge < -0.3 is 25.0 Å². The van der Waals surface area contributed by atoms with Crippen molar-refractivity contribution in [3.05, 3.63) is 16.7 Å². The summed E-state index contributed by atoms with van der Waals surface area (Å²) < 4.78 is 4.96. The number of nitrogens with zero attached hydrogens (tertiary/aromatic N) is 2. The van der Waals surface area contributed by atoms with Gasteiger partial charge in [0.05, 0.1) is 19.0 Å². The zero-order valence-electron chi connectivity index (χ0n) is 11.1. The van der Waals surface area contributed by atoms with Crippen LogP contribution in [0.2, 0.25) is 0 Å². The summed E-state index contributed by atoms with van der Waals surface area (Å²) in [6.07, 6.45) is 1.29. The molecule has 0 aliphatic heterocycles. The van der Waals surface area contributed by atoms with E-state index in [4.69, 9.17) is 4.74 Å². The molecule has 0 aliphatic carbocycles. The third-order valence-corrected chi connectivity index (χ3v) is 2.31.